The van der Waals surface area contributed by atoms with E-state index in [1.165, 1.54) is 13.8 Å². The second-order valence-corrected chi connectivity index (χ2v) is 5.90. The molecule has 0 bridgehead atoms. The van der Waals surface area contributed by atoms with Crippen molar-refractivity contribution in [1.82, 2.24) is 0 Å². The molecule has 0 saturated carbocycles. The van der Waals surface area contributed by atoms with Crippen molar-refractivity contribution in [1.29, 1.82) is 0 Å². The van der Waals surface area contributed by atoms with E-state index < -0.39 is 17.4 Å². The van der Waals surface area contributed by atoms with Gasteiger partial charge in [-0.15, -0.1) is 0 Å². The zero-order chi connectivity index (χ0) is 17.7. The SMILES string of the molecule is CC(C)(C(=O)O)C(=O)OCc1ccc(C(=O)c2ccccc2)cc1. The zero-order valence-electron chi connectivity index (χ0n) is 13.5. The van der Waals surface area contributed by atoms with Crippen molar-refractivity contribution >= 4 is 17.7 Å². The summed E-state index contributed by atoms with van der Waals surface area (Å²) in [6, 6.07) is 15.6. The summed E-state index contributed by atoms with van der Waals surface area (Å²) in [4.78, 5) is 35.1. The molecule has 5 nitrogen and oxygen atoms in total. The number of aliphatic carboxylic acids is 1. The zero-order valence-corrected chi connectivity index (χ0v) is 13.5. The van der Waals surface area contributed by atoms with E-state index in [-0.39, 0.29) is 12.4 Å². The highest BCUT2D eigenvalue weighted by Gasteiger charge is 2.37. The number of benzene rings is 2. The Labute approximate surface area is 139 Å². The fourth-order valence-corrected chi connectivity index (χ4v) is 1.93. The standard InChI is InChI=1S/C19H18O5/c1-19(2,17(21)22)18(23)24-12-13-8-10-15(11-9-13)16(20)14-6-4-3-5-7-14/h3-11H,12H2,1-2H3,(H,21,22). The first-order chi connectivity index (χ1) is 11.3. The molecule has 5 heteroatoms. The third-order valence-corrected chi connectivity index (χ3v) is 3.67. The Kier molecular flexibility index (Phi) is 5.14. The summed E-state index contributed by atoms with van der Waals surface area (Å²) in [5.74, 6) is -2.14. The van der Waals surface area contributed by atoms with Gasteiger partial charge < -0.3 is 9.84 Å². The van der Waals surface area contributed by atoms with Gasteiger partial charge in [0.1, 0.15) is 6.61 Å². The Balaban J connectivity index is 2.02. The minimum atomic E-state index is -1.59. The van der Waals surface area contributed by atoms with Gasteiger partial charge in [-0.3, -0.25) is 14.4 Å². The van der Waals surface area contributed by atoms with Crippen LogP contribution in [-0.2, 0) is 20.9 Å². The first kappa shape index (κ1) is 17.4. The molecule has 2 rings (SSSR count). The van der Waals surface area contributed by atoms with Crippen molar-refractivity contribution in [2.45, 2.75) is 20.5 Å². The normalized spacial score (nSPS) is 10.9. The van der Waals surface area contributed by atoms with E-state index in [1.807, 2.05) is 6.07 Å². The molecule has 0 unspecified atom stereocenters. The van der Waals surface area contributed by atoms with Crippen LogP contribution in [-0.4, -0.2) is 22.8 Å². The van der Waals surface area contributed by atoms with Crippen LogP contribution in [0.15, 0.2) is 54.6 Å². The molecule has 1 N–H and O–H groups in total. The Morgan fingerprint density at radius 3 is 2.00 bits per heavy atom. The van der Waals surface area contributed by atoms with Gasteiger partial charge in [0.25, 0.3) is 0 Å². The molecule has 2 aromatic rings. The van der Waals surface area contributed by atoms with Crippen LogP contribution in [0.4, 0.5) is 0 Å². The molecular formula is C19H18O5. The Bertz CT molecular complexity index is 745. The van der Waals surface area contributed by atoms with Crippen molar-refractivity contribution in [3.05, 3.63) is 71.3 Å². The maximum atomic E-state index is 12.3. The van der Waals surface area contributed by atoms with Gasteiger partial charge in [0, 0.05) is 11.1 Å². The van der Waals surface area contributed by atoms with Gasteiger partial charge in [0.05, 0.1) is 0 Å². The molecule has 124 valence electrons. The maximum Gasteiger partial charge on any atom is 0.323 e. The van der Waals surface area contributed by atoms with Crippen LogP contribution in [0.25, 0.3) is 0 Å². The van der Waals surface area contributed by atoms with Gasteiger partial charge in [-0.05, 0) is 19.4 Å². The van der Waals surface area contributed by atoms with Gasteiger partial charge in [-0.25, -0.2) is 0 Å². The lowest BCUT2D eigenvalue weighted by molar-refractivity contribution is -0.167. The van der Waals surface area contributed by atoms with E-state index in [0.29, 0.717) is 16.7 Å². The molecular weight excluding hydrogens is 308 g/mol. The third-order valence-electron chi connectivity index (χ3n) is 3.67. The van der Waals surface area contributed by atoms with Gasteiger partial charge in [-0.2, -0.15) is 0 Å². The highest BCUT2D eigenvalue weighted by Crippen LogP contribution is 2.19. The molecule has 0 saturated heterocycles. The van der Waals surface area contributed by atoms with Gasteiger partial charge >= 0.3 is 11.9 Å². The highest BCUT2D eigenvalue weighted by molar-refractivity contribution is 6.08. The Morgan fingerprint density at radius 1 is 0.917 bits per heavy atom. The number of esters is 1. The number of carboxylic acids is 1. The number of carboxylic acid groups (broad SMARTS) is 1. The van der Waals surface area contributed by atoms with Crippen LogP contribution in [0.1, 0.15) is 35.3 Å². The third kappa shape index (κ3) is 3.87. The van der Waals surface area contributed by atoms with E-state index in [1.54, 1.807) is 48.5 Å². The fraction of sp³-hybridized carbons (Fsp3) is 0.211. The molecule has 0 amide bonds. The molecule has 0 spiro atoms. The van der Waals surface area contributed by atoms with Crippen LogP contribution in [0.3, 0.4) is 0 Å². The van der Waals surface area contributed by atoms with Crippen molar-refractivity contribution in [2.24, 2.45) is 5.41 Å². The van der Waals surface area contributed by atoms with E-state index in [2.05, 4.69) is 0 Å². The number of ketones is 1. The summed E-state index contributed by atoms with van der Waals surface area (Å²) in [7, 11) is 0. The summed E-state index contributed by atoms with van der Waals surface area (Å²) in [6.07, 6.45) is 0. The lowest BCUT2D eigenvalue weighted by Crippen LogP contribution is -2.34. The van der Waals surface area contributed by atoms with Crippen LogP contribution >= 0.6 is 0 Å². The molecule has 2 aromatic carbocycles. The Morgan fingerprint density at radius 2 is 1.46 bits per heavy atom. The quantitative estimate of drug-likeness (QED) is 0.501. The van der Waals surface area contributed by atoms with Gasteiger partial charge in [-0.1, -0.05) is 54.6 Å². The molecule has 0 radical (unpaired) electrons. The predicted molar refractivity (Wildman–Crippen MR) is 87.5 cm³/mol. The lowest BCUT2D eigenvalue weighted by Gasteiger charge is -2.17. The van der Waals surface area contributed by atoms with E-state index >= 15 is 0 Å². The number of rotatable bonds is 6. The second kappa shape index (κ2) is 7.08. The van der Waals surface area contributed by atoms with Crippen molar-refractivity contribution in [2.75, 3.05) is 0 Å². The fourth-order valence-electron chi connectivity index (χ4n) is 1.93. The van der Waals surface area contributed by atoms with E-state index in [0.717, 1.165) is 0 Å². The molecule has 0 aromatic heterocycles. The van der Waals surface area contributed by atoms with Crippen LogP contribution < -0.4 is 0 Å². The van der Waals surface area contributed by atoms with Gasteiger partial charge in [0.15, 0.2) is 11.2 Å². The van der Waals surface area contributed by atoms with Crippen molar-refractivity contribution in [3.8, 4) is 0 Å². The van der Waals surface area contributed by atoms with Crippen molar-refractivity contribution < 1.29 is 24.2 Å². The molecule has 0 aliphatic heterocycles. The molecule has 0 atom stereocenters. The summed E-state index contributed by atoms with van der Waals surface area (Å²) in [6.45, 7) is 2.54. The summed E-state index contributed by atoms with van der Waals surface area (Å²) in [5.41, 5.74) is 0.208. The summed E-state index contributed by atoms with van der Waals surface area (Å²) >= 11 is 0. The highest BCUT2D eigenvalue weighted by atomic mass is 16.5. The monoisotopic (exact) mass is 326 g/mol. The smallest absolute Gasteiger partial charge is 0.323 e. The number of carbonyl (C=O) groups is 3. The van der Waals surface area contributed by atoms with Gasteiger partial charge in [0.2, 0.25) is 0 Å². The maximum absolute atomic E-state index is 12.3. The predicted octanol–water partition coefficient (Wildman–Crippen LogP) is 3.07. The number of hydrogen-bond acceptors (Lipinski definition) is 4. The largest absolute Gasteiger partial charge is 0.480 e. The Hall–Kier alpha value is -2.95. The average Bonchev–Trinajstić information content (AvgIpc) is 2.60. The lowest BCUT2D eigenvalue weighted by atomic mass is 9.94. The average molecular weight is 326 g/mol. The summed E-state index contributed by atoms with van der Waals surface area (Å²) < 4.78 is 5.03. The molecule has 0 fully saturated rings. The molecule has 24 heavy (non-hydrogen) atoms. The van der Waals surface area contributed by atoms with Crippen LogP contribution in [0.5, 0.6) is 0 Å². The first-order valence-corrected chi connectivity index (χ1v) is 7.41. The minimum Gasteiger partial charge on any atom is -0.480 e. The second-order valence-electron chi connectivity index (χ2n) is 5.90. The minimum absolute atomic E-state index is 0.0463. The number of carbonyl (C=O) groups excluding carboxylic acids is 2. The number of ether oxygens (including phenoxy) is 1. The first-order valence-electron chi connectivity index (χ1n) is 7.41. The van der Waals surface area contributed by atoms with Crippen molar-refractivity contribution in [3.63, 3.8) is 0 Å². The van der Waals surface area contributed by atoms with E-state index in [9.17, 15) is 14.4 Å². The molecule has 0 aliphatic carbocycles. The summed E-state index contributed by atoms with van der Waals surface area (Å²) in [5, 5.41) is 8.98. The molecule has 0 aliphatic rings. The van der Waals surface area contributed by atoms with Crippen LogP contribution in [0, 0.1) is 5.41 Å². The molecule has 0 heterocycles. The number of hydrogen-bond donors (Lipinski definition) is 1. The topological polar surface area (TPSA) is 80.7 Å². The van der Waals surface area contributed by atoms with Crippen LogP contribution in [0.2, 0.25) is 0 Å². The van der Waals surface area contributed by atoms with E-state index in [4.69, 9.17) is 9.84 Å².